The predicted molar refractivity (Wildman–Crippen MR) is 106 cm³/mol. The van der Waals surface area contributed by atoms with Gasteiger partial charge in [0.15, 0.2) is 0 Å². The molecule has 1 aromatic rings. The summed E-state index contributed by atoms with van der Waals surface area (Å²) in [6.07, 6.45) is 1.66. The summed E-state index contributed by atoms with van der Waals surface area (Å²) >= 11 is 1.50. The summed E-state index contributed by atoms with van der Waals surface area (Å²) in [4.78, 5) is 36.2. The molecule has 0 heterocycles. The number of hydrogen-bond acceptors (Lipinski definition) is 5. The Morgan fingerprint density at radius 3 is 2.26 bits per heavy atom. The number of thioether (sulfide) groups is 1. The Hall–Kier alpha value is -2.22. The third-order valence-electron chi connectivity index (χ3n) is 3.52. The van der Waals surface area contributed by atoms with Crippen LogP contribution in [0.25, 0.3) is 0 Å². The van der Waals surface area contributed by atoms with Crippen molar-refractivity contribution in [2.45, 2.75) is 51.3 Å². The summed E-state index contributed by atoms with van der Waals surface area (Å²) in [5.74, 6) is -1.06. The molecule has 0 aliphatic rings. The van der Waals surface area contributed by atoms with E-state index in [1.54, 1.807) is 20.8 Å². The first-order valence-electron chi connectivity index (χ1n) is 8.68. The molecule has 3 N–H and O–H groups in total. The van der Waals surface area contributed by atoms with Gasteiger partial charge in [-0.25, -0.2) is 9.59 Å². The molecule has 0 aliphatic carbocycles. The molecule has 1 rings (SSSR count). The van der Waals surface area contributed by atoms with Gasteiger partial charge >= 0.3 is 12.1 Å². The molecule has 0 saturated carbocycles. The van der Waals surface area contributed by atoms with Crippen LogP contribution in [0.5, 0.6) is 0 Å². The van der Waals surface area contributed by atoms with E-state index in [9.17, 15) is 19.5 Å². The molecule has 2 atom stereocenters. The highest BCUT2D eigenvalue weighted by Gasteiger charge is 2.28. The van der Waals surface area contributed by atoms with E-state index in [1.165, 1.54) is 11.8 Å². The second-order valence-electron chi connectivity index (χ2n) is 7.07. The van der Waals surface area contributed by atoms with Gasteiger partial charge in [0.25, 0.3) is 0 Å². The molecule has 0 fully saturated rings. The van der Waals surface area contributed by atoms with E-state index in [4.69, 9.17) is 4.74 Å². The molecule has 0 saturated heterocycles. The molecule has 7 nitrogen and oxygen atoms in total. The Morgan fingerprint density at radius 1 is 1.11 bits per heavy atom. The number of carbonyl (C=O) groups is 3. The van der Waals surface area contributed by atoms with Crippen molar-refractivity contribution in [2.24, 2.45) is 0 Å². The molecule has 0 radical (unpaired) electrons. The van der Waals surface area contributed by atoms with Crippen molar-refractivity contribution < 1.29 is 24.2 Å². The number of ether oxygens (including phenoxy) is 1. The first-order valence-corrected chi connectivity index (χ1v) is 10.1. The van der Waals surface area contributed by atoms with E-state index < -0.39 is 35.7 Å². The monoisotopic (exact) mass is 396 g/mol. The van der Waals surface area contributed by atoms with Gasteiger partial charge in [-0.05, 0) is 44.8 Å². The molecule has 0 bridgehead atoms. The zero-order chi connectivity index (χ0) is 20.4. The van der Waals surface area contributed by atoms with E-state index in [2.05, 4.69) is 10.6 Å². The predicted octanol–water partition coefficient (Wildman–Crippen LogP) is 2.44. The van der Waals surface area contributed by atoms with Gasteiger partial charge in [-0.1, -0.05) is 30.3 Å². The molecule has 27 heavy (non-hydrogen) atoms. The minimum Gasteiger partial charge on any atom is -0.480 e. The van der Waals surface area contributed by atoms with Crippen LogP contribution in [0, 0.1) is 0 Å². The van der Waals surface area contributed by atoms with Crippen LogP contribution in [0.15, 0.2) is 30.3 Å². The lowest BCUT2D eigenvalue weighted by molar-refractivity contribution is -0.142. The third-order valence-corrected chi connectivity index (χ3v) is 4.16. The molecule has 0 aliphatic heterocycles. The average molecular weight is 397 g/mol. The minimum absolute atomic E-state index is 0.223. The van der Waals surface area contributed by atoms with E-state index >= 15 is 0 Å². The quantitative estimate of drug-likeness (QED) is 0.592. The number of benzene rings is 1. The molecular formula is C19H28N2O5S. The van der Waals surface area contributed by atoms with Crippen LogP contribution in [-0.2, 0) is 20.7 Å². The van der Waals surface area contributed by atoms with Crippen molar-refractivity contribution >= 4 is 29.7 Å². The maximum Gasteiger partial charge on any atom is 0.408 e. The number of carboxylic acid groups (broad SMARTS) is 1. The van der Waals surface area contributed by atoms with Gasteiger partial charge in [0.2, 0.25) is 5.91 Å². The van der Waals surface area contributed by atoms with Crippen molar-refractivity contribution in [3.63, 3.8) is 0 Å². The van der Waals surface area contributed by atoms with Gasteiger partial charge in [0.1, 0.15) is 17.7 Å². The van der Waals surface area contributed by atoms with Gasteiger partial charge in [-0.15, -0.1) is 0 Å². The third kappa shape index (κ3) is 9.33. The normalized spacial score (nSPS) is 13.3. The first-order chi connectivity index (χ1) is 12.6. The van der Waals surface area contributed by atoms with Crippen molar-refractivity contribution in [1.82, 2.24) is 10.6 Å². The highest BCUT2D eigenvalue weighted by atomic mass is 32.2. The fourth-order valence-electron chi connectivity index (χ4n) is 2.27. The fourth-order valence-corrected chi connectivity index (χ4v) is 2.75. The van der Waals surface area contributed by atoms with Crippen LogP contribution < -0.4 is 10.6 Å². The van der Waals surface area contributed by atoms with E-state index in [0.717, 1.165) is 5.56 Å². The lowest BCUT2D eigenvalue weighted by Crippen LogP contribution is -2.53. The summed E-state index contributed by atoms with van der Waals surface area (Å²) in [5, 5.41) is 14.4. The summed E-state index contributed by atoms with van der Waals surface area (Å²) in [6, 6.07) is 7.22. The van der Waals surface area contributed by atoms with Gasteiger partial charge in [-0.2, -0.15) is 11.8 Å². The number of carboxylic acids is 1. The van der Waals surface area contributed by atoms with Crippen LogP contribution >= 0.6 is 11.8 Å². The number of amides is 2. The maximum absolute atomic E-state index is 12.7. The van der Waals surface area contributed by atoms with Crippen LogP contribution in [0.3, 0.4) is 0 Å². The van der Waals surface area contributed by atoms with Crippen LogP contribution in [0.2, 0.25) is 0 Å². The van der Waals surface area contributed by atoms with E-state index in [0.29, 0.717) is 12.2 Å². The largest absolute Gasteiger partial charge is 0.480 e. The summed E-state index contributed by atoms with van der Waals surface area (Å²) in [5.41, 5.74) is 0.129. The zero-order valence-electron chi connectivity index (χ0n) is 16.2. The molecule has 8 heteroatoms. The van der Waals surface area contributed by atoms with E-state index in [-0.39, 0.29) is 6.42 Å². The Labute approximate surface area is 164 Å². The maximum atomic E-state index is 12.7. The van der Waals surface area contributed by atoms with Gasteiger partial charge in [0, 0.05) is 6.42 Å². The highest BCUT2D eigenvalue weighted by Crippen LogP contribution is 2.09. The fraction of sp³-hybridized carbons (Fsp3) is 0.526. The summed E-state index contributed by atoms with van der Waals surface area (Å²) < 4.78 is 5.22. The van der Waals surface area contributed by atoms with Crippen LogP contribution in [0.4, 0.5) is 4.79 Å². The molecule has 0 aromatic heterocycles. The van der Waals surface area contributed by atoms with Gasteiger partial charge in [0.05, 0.1) is 0 Å². The molecule has 2 unspecified atom stereocenters. The average Bonchev–Trinajstić information content (AvgIpc) is 2.56. The summed E-state index contributed by atoms with van der Waals surface area (Å²) in [6.45, 7) is 5.17. The van der Waals surface area contributed by atoms with E-state index in [1.807, 2.05) is 36.6 Å². The second-order valence-corrected chi connectivity index (χ2v) is 8.06. The lowest BCUT2D eigenvalue weighted by Gasteiger charge is -2.24. The SMILES string of the molecule is CSCCC(NC(=O)C(Cc1ccccc1)NC(=O)OC(C)(C)C)C(=O)O. The topological polar surface area (TPSA) is 105 Å². The minimum atomic E-state index is -1.10. The number of rotatable bonds is 9. The standard InChI is InChI=1S/C19H28N2O5S/c1-19(2,3)26-18(25)21-15(12-13-8-6-5-7-9-13)16(22)20-14(17(23)24)10-11-27-4/h5-9,14-15H,10-12H2,1-4H3,(H,20,22)(H,21,25)(H,23,24). The smallest absolute Gasteiger partial charge is 0.408 e. The first kappa shape index (κ1) is 22.8. The zero-order valence-corrected chi connectivity index (χ0v) is 17.0. The molecular weight excluding hydrogens is 368 g/mol. The molecule has 2 amide bonds. The van der Waals surface area contributed by atoms with Crippen molar-refractivity contribution in [1.29, 1.82) is 0 Å². The summed E-state index contributed by atoms with van der Waals surface area (Å²) in [7, 11) is 0. The molecule has 1 aromatic carbocycles. The number of alkyl carbamates (subject to hydrolysis) is 1. The number of hydrogen-bond donors (Lipinski definition) is 3. The second kappa shape index (κ2) is 10.8. The Morgan fingerprint density at radius 2 is 1.74 bits per heavy atom. The number of carbonyl (C=O) groups excluding carboxylic acids is 2. The van der Waals surface area contributed by atoms with Gasteiger partial charge < -0.3 is 20.5 Å². The number of nitrogens with one attached hydrogen (secondary N) is 2. The lowest BCUT2D eigenvalue weighted by atomic mass is 10.0. The van der Waals surface area contributed by atoms with Gasteiger partial charge in [-0.3, -0.25) is 4.79 Å². The van der Waals surface area contributed by atoms with Crippen LogP contribution in [0.1, 0.15) is 32.8 Å². The van der Waals surface area contributed by atoms with Crippen molar-refractivity contribution in [3.8, 4) is 0 Å². The Balaban J connectivity index is 2.89. The Bertz CT molecular complexity index is 631. The number of aliphatic carboxylic acids is 1. The molecule has 0 spiro atoms. The van der Waals surface area contributed by atoms with Crippen molar-refractivity contribution in [3.05, 3.63) is 35.9 Å². The Kier molecular flexibility index (Phi) is 9.14. The van der Waals surface area contributed by atoms with Crippen LogP contribution in [-0.4, -0.2) is 52.8 Å². The molecule has 150 valence electrons. The highest BCUT2D eigenvalue weighted by molar-refractivity contribution is 7.98. The van der Waals surface area contributed by atoms with Crippen molar-refractivity contribution in [2.75, 3.05) is 12.0 Å².